The minimum atomic E-state index is -4.43. The third kappa shape index (κ3) is 5.33. The first-order valence-corrected chi connectivity index (χ1v) is 7.77. The first-order valence-electron chi connectivity index (χ1n) is 7.77. The highest BCUT2D eigenvalue weighted by atomic mass is 19.4. The second-order valence-corrected chi connectivity index (χ2v) is 5.74. The number of benzene rings is 1. The predicted molar refractivity (Wildman–Crippen MR) is 84.0 cm³/mol. The Kier molecular flexibility index (Phi) is 6.36. The number of hydrogen-bond donors (Lipinski definition) is 1. The van der Waals surface area contributed by atoms with Crippen molar-refractivity contribution in [1.29, 1.82) is 0 Å². The van der Waals surface area contributed by atoms with E-state index in [0.717, 1.165) is 31.4 Å². The molecule has 4 nitrogen and oxygen atoms in total. The molecule has 1 aromatic rings. The molecule has 0 saturated heterocycles. The van der Waals surface area contributed by atoms with Crippen molar-refractivity contribution in [3.8, 4) is 11.5 Å². The largest absolute Gasteiger partial charge is 0.490 e. The number of methoxy groups -OCH3 is 1. The van der Waals surface area contributed by atoms with Gasteiger partial charge in [-0.05, 0) is 44.2 Å². The molecule has 0 spiro atoms. The Balaban J connectivity index is 1.97. The highest BCUT2D eigenvalue weighted by Crippen LogP contribution is 2.36. The molecule has 1 aliphatic heterocycles. The van der Waals surface area contributed by atoms with Crippen molar-refractivity contribution >= 4 is 0 Å². The maximum absolute atomic E-state index is 12.8. The van der Waals surface area contributed by atoms with Crippen molar-refractivity contribution in [2.75, 3.05) is 20.5 Å². The van der Waals surface area contributed by atoms with Crippen LogP contribution in [0, 0.1) is 0 Å². The molecular weight excluding hydrogens is 323 g/mol. The summed E-state index contributed by atoms with van der Waals surface area (Å²) in [7, 11) is 1.40. The summed E-state index contributed by atoms with van der Waals surface area (Å²) >= 11 is 0. The molecule has 7 heteroatoms. The quantitative estimate of drug-likeness (QED) is 0.755. The molecule has 1 aromatic carbocycles. The zero-order chi connectivity index (χ0) is 17.6. The number of nitrogens with one attached hydrogen (secondary N) is 1. The van der Waals surface area contributed by atoms with Gasteiger partial charge in [-0.15, -0.1) is 0 Å². The summed E-state index contributed by atoms with van der Waals surface area (Å²) in [6, 6.07) is 3.51. The van der Waals surface area contributed by atoms with E-state index in [1.165, 1.54) is 18.7 Å². The van der Waals surface area contributed by atoms with Gasteiger partial charge in [0.25, 0.3) is 0 Å². The number of alkyl halides is 3. The van der Waals surface area contributed by atoms with Crippen LogP contribution in [-0.4, -0.2) is 26.6 Å². The molecule has 1 heterocycles. The van der Waals surface area contributed by atoms with E-state index in [4.69, 9.17) is 14.2 Å². The second-order valence-electron chi connectivity index (χ2n) is 5.74. The monoisotopic (exact) mass is 345 g/mol. The number of ether oxygens (including phenoxy) is 3. The van der Waals surface area contributed by atoms with Gasteiger partial charge in [0.05, 0.1) is 12.2 Å². The SMILES string of the molecule is COCOc1cc(C(F)(F)F)ccc1OCC[C@H]1CCC(C)=CN1. The standard InChI is InChI=1S/C17H22F3NO3/c1-12-3-5-14(21-10-12)7-8-23-15-6-4-13(17(18,19)20)9-16(15)24-11-22-2/h4,6,9-10,14,21H,3,5,7-8,11H2,1-2H3/t14-/m1/s1. The molecule has 0 saturated carbocycles. The van der Waals surface area contributed by atoms with Crippen LogP contribution in [0.25, 0.3) is 0 Å². The average Bonchev–Trinajstić information content (AvgIpc) is 2.54. The van der Waals surface area contributed by atoms with Gasteiger partial charge in [-0.25, -0.2) is 0 Å². The molecule has 134 valence electrons. The van der Waals surface area contributed by atoms with Crippen molar-refractivity contribution in [3.05, 3.63) is 35.5 Å². The molecule has 0 fully saturated rings. The fourth-order valence-corrected chi connectivity index (χ4v) is 2.40. The van der Waals surface area contributed by atoms with Gasteiger partial charge in [0.15, 0.2) is 18.3 Å². The Bertz CT molecular complexity index is 573. The van der Waals surface area contributed by atoms with E-state index in [0.29, 0.717) is 12.6 Å². The normalized spacial score (nSPS) is 17.9. The average molecular weight is 345 g/mol. The number of halogens is 3. The van der Waals surface area contributed by atoms with Gasteiger partial charge >= 0.3 is 6.18 Å². The van der Waals surface area contributed by atoms with E-state index < -0.39 is 11.7 Å². The molecule has 0 aliphatic carbocycles. The predicted octanol–water partition coefficient (Wildman–Crippen LogP) is 4.11. The van der Waals surface area contributed by atoms with Crippen molar-refractivity contribution in [2.45, 2.75) is 38.4 Å². The van der Waals surface area contributed by atoms with E-state index in [1.807, 2.05) is 6.20 Å². The molecule has 0 amide bonds. The lowest BCUT2D eigenvalue weighted by Gasteiger charge is -2.23. The van der Waals surface area contributed by atoms with Crippen molar-refractivity contribution in [3.63, 3.8) is 0 Å². The number of rotatable bonds is 7. The van der Waals surface area contributed by atoms with E-state index in [2.05, 4.69) is 12.2 Å². The van der Waals surface area contributed by atoms with Crippen LogP contribution in [0.2, 0.25) is 0 Å². The second kappa shape index (κ2) is 8.28. The van der Waals surface area contributed by atoms with Crippen LogP contribution in [0.15, 0.2) is 30.0 Å². The third-order valence-electron chi connectivity index (χ3n) is 3.78. The zero-order valence-corrected chi connectivity index (χ0v) is 13.8. The molecule has 2 rings (SSSR count). The maximum Gasteiger partial charge on any atom is 0.416 e. The first kappa shape index (κ1) is 18.4. The molecule has 0 radical (unpaired) electrons. The molecule has 1 atom stereocenters. The smallest absolute Gasteiger partial charge is 0.416 e. The van der Waals surface area contributed by atoms with Crippen LogP contribution in [0.1, 0.15) is 31.7 Å². The van der Waals surface area contributed by atoms with E-state index in [-0.39, 0.29) is 18.3 Å². The van der Waals surface area contributed by atoms with Gasteiger partial charge in [-0.3, -0.25) is 0 Å². The van der Waals surface area contributed by atoms with E-state index in [1.54, 1.807) is 0 Å². The third-order valence-corrected chi connectivity index (χ3v) is 3.78. The van der Waals surface area contributed by atoms with Gasteiger partial charge in [0.1, 0.15) is 0 Å². The Hall–Kier alpha value is -1.89. The summed E-state index contributed by atoms with van der Waals surface area (Å²) < 4.78 is 54.0. The van der Waals surface area contributed by atoms with Crippen molar-refractivity contribution in [1.82, 2.24) is 5.32 Å². The minimum Gasteiger partial charge on any atom is -0.490 e. The van der Waals surface area contributed by atoms with Crippen molar-refractivity contribution < 1.29 is 27.4 Å². The molecule has 0 bridgehead atoms. The molecule has 0 unspecified atom stereocenters. The van der Waals surface area contributed by atoms with Gasteiger partial charge < -0.3 is 19.5 Å². The van der Waals surface area contributed by atoms with Gasteiger partial charge in [0.2, 0.25) is 0 Å². The molecule has 1 aliphatic rings. The highest BCUT2D eigenvalue weighted by Gasteiger charge is 2.31. The van der Waals surface area contributed by atoms with Crippen LogP contribution < -0.4 is 14.8 Å². The lowest BCUT2D eigenvalue weighted by atomic mass is 10.0. The Morgan fingerprint density at radius 2 is 2.00 bits per heavy atom. The summed E-state index contributed by atoms with van der Waals surface area (Å²) in [5.74, 6) is 0.307. The Labute approximate surface area is 139 Å². The first-order chi connectivity index (χ1) is 11.4. The van der Waals surface area contributed by atoms with Crippen molar-refractivity contribution in [2.24, 2.45) is 0 Å². The zero-order valence-electron chi connectivity index (χ0n) is 13.8. The molecular formula is C17H22F3NO3. The summed E-state index contributed by atoms with van der Waals surface area (Å²) in [6.45, 7) is 2.31. The number of allylic oxidation sites excluding steroid dienone is 1. The lowest BCUT2D eigenvalue weighted by Crippen LogP contribution is -2.29. The van der Waals surface area contributed by atoms with Gasteiger partial charge in [-0.1, -0.05) is 5.57 Å². The summed E-state index contributed by atoms with van der Waals surface area (Å²) in [6.07, 6.45) is 0.389. The summed E-state index contributed by atoms with van der Waals surface area (Å²) in [5.41, 5.74) is 0.528. The number of hydrogen-bond acceptors (Lipinski definition) is 4. The van der Waals surface area contributed by atoms with Crippen LogP contribution in [0.5, 0.6) is 11.5 Å². The van der Waals surface area contributed by atoms with Gasteiger partial charge in [0, 0.05) is 19.6 Å². The Morgan fingerprint density at radius 1 is 1.21 bits per heavy atom. The fourth-order valence-electron chi connectivity index (χ4n) is 2.40. The lowest BCUT2D eigenvalue weighted by molar-refractivity contribution is -0.137. The minimum absolute atomic E-state index is 0.0269. The van der Waals surface area contributed by atoms with Crippen LogP contribution >= 0.6 is 0 Å². The molecule has 1 N–H and O–H groups in total. The highest BCUT2D eigenvalue weighted by molar-refractivity contribution is 5.43. The summed E-state index contributed by atoms with van der Waals surface area (Å²) in [5, 5.41) is 3.29. The van der Waals surface area contributed by atoms with Crippen LogP contribution in [0.3, 0.4) is 0 Å². The molecule has 0 aromatic heterocycles. The summed E-state index contributed by atoms with van der Waals surface area (Å²) in [4.78, 5) is 0. The van der Waals surface area contributed by atoms with E-state index in [9.17, 15) is 13.2 Å². The topological polar surface area (TPSA) is 39.7 Å². The molecule has 24 heavy (non-hydrogen) atoms. The maximum atomic E-state index is 12.8. The van der Waals surface area contributed by atoms with E-state index >= 15 is 0 Å². The fraction of sp³-hybridized carbons (Fsp3) is 0.529. The Morgan fingerprint density at radius 3 is 2.62 bits per heavy atom. The van der Waals surface area contributed by atoms with Crippen LogP contribution in [-0.2, 0) is 10.9 Å². The van der Waals surface area contributed by atoms with Crippen LogP contribution in [0.4, 0.5) is 13.2 Å². The van der Waals surface area contributed by atoms with Gasteiger partial charge in [-0.2, -0.15) is 13.2 Å².